The summed E-state index contributed by atoms with van der Waals surface area (Å²) >= 11 is 0. The molecule has 0 bridgehead atoms. The molecule has 140 valence electrons. The van der Waals surface area contributed by atoms with Crippen molar-refractivity contribution in [2.75, 3.05) is 13.2 Å². The molecule has 3 nitrogen and oxygen atoms in total. The van der Waals surface area contributed by atoms with Crippen LogP contribution in [0.3, 0.4) is 0 Å². The monoisotopic (exact) mass is 370 g/mol. The maximum absolute atomic E-state index is 10.0. The standard InChI is InChI=1S/C22H30O3Si/c1-22(2,3)26(18-10-6-4-7-11-18,19-12-8-5-9-13-19)25-17-15-21-20(23)14-16-24-21/h4-13,20-21,23H,14-17H2,1-3H3/t20?,21-/m0/s1. The van der Waals surface area contributed by atoms with E-state index in [-0.39, 0.29) is 17.2 Å². The Morgan fingerprint density at radius 2 is 1.54 bits per heavy atom. The van der Waals surface area contributed by atoms with Crippen LogP contribution >= 0.6 is 0 Å². The summed E-state index contributed by atoms with van der Waals surface area (Å²) in [7, 11) is -2.48. The van der Waals surface area contributed by atoms with Gasteiger partial charge in [-0.2, -0.15) is 0 Å². The van der Waals surface area contributed by atoms with Gasteiger partial charge in [0.2, 0.25) is 0 Å². The molecule has 1 aliphatic heterocycles. The third-order valence-electron chi connectivity index (χ3n) is 5.31. The molecule has 2 aromatic carbocycles. The highest BCUT2D eigenvalue weighted by Gasteiger charge is 2.50. The smallest absolute Gasteiger partial charge is 0.261 e. The minimum atomic E-state index is -2.48. The van der Waals surface area contributed by atoms with E-state index in [0.29, 0.717) is 13.2 Å². The van der Waals surface area contributed by atoms with Gasteiger partial charge in [0.15, 0.2) is 0 Å². The summed E-state index contributed by atoms with van der Waals surface area (Å²) in [6.45, 7) is 8.07. The maximum Gasteiger partial charge on any atom is 0.261 e. The molecular formula is C22H30O3Si. The van der Waals surface area contributed by atoms with Crippen LogP contribution in [0.15, 0.2) is 60.7 Å². The second kappa shape index (κ2) is 8.05. The van der Waals surface area contributed by atoms with E-state index in [1.807, 2.05) is 0 Å². The van der Waals surface area contributed by atoms with E-state index in [4.69, 9.17) is 9.16 Å². The molecule has 1 N–H and O–H groups in total. The molecule has 1 unspecified atom stereocenters. The molecule has 2 atom stereocenters. The highest BCUT2D eigenvalue weighted by molar-refractivity contribution is 6.99. The van der Waals surface area contributed by atoms with Gasteiger partial charge in [0.25, 0.3) is 8.32 Å². The van der Waals surface area contributed by atoms with Crippen LogP contribution in [-0.2, 0) is 9.16 Å². The van der Waals surface area contributed by atoms with Crippen molar-refractivity contribution in [3.8, 4) is 0 Å². The van der Waals surface area contributed by atoms with Crippen molar-refractivity contribution in [2.45, 2.75) is 50.9 Å². The Morgan fingerprint density at radius 1 is 1.00 bits per heavy atom. The predicted octanol–water partition coefficient (Wildman–Crippen LogP) is 3.10. The zero-order valence-electron chi connectivity index (χ0n) is 16.0. The Hall–Kier alpha value is -1.46. The normalized spacial score (nSPS) is 21.1. The quantitative estimate of drug-likeness (QED) is 0.794. The van der Waals surface area contributed by atoms with Gasteiger partial charge in [-0.05, 0) is 28.3 Å². The summed E-state index contributed by atoms with van der Waals surface area (Å²) in [6.07, 6.45) is 0.987. The van der Waals surface area contributed by atoms with Crippen molar-refractivity contribution >= 4 is 18.7 Å². The molecule has 0 saturated carbocycles. The van der Waals surface area contributed by atoms with Crippen LogP contribution in [0.2, 0.25) is 5.04 Å². The number of aliphatic hydroxyl groups excluding tert-OH is 1. The Kier molecular flexibility index (Phi) is 5.98. The van der Waals surface area contributed by atoms with Crippen molar-refractivity contribution in [1.82, 2.24) is 0 Å². The van der Waals surface area contributed by atoms with Gasteiger partial charge in [-0.15, -0.1) is 0 Å². The fourth-order valence-corrected chi connectivity index (χ4v) is 8.58. The van der Waals surface area contributed by atoms with E-state index in [0.717, 1.165) is 12.8 Å². The van der Waals surface area contributed by atoms with Crippen LogP contribution in [0.4, 0.5) is 0 Å². The first-order valence-corrected chi connectivity index (χ1v) is 11.4. The van der Waals surface area contributed by atoms with Gasteiger partial charge in [-0.1, -0.05) is 81.4 Å². The van der Waals surface area contributed by atoms with E-state index < -0.39 is 8.32 Å². The topological polar surface area (TPSA) is 38.7 Å². The second-order valence-corrected chi connectivity index (χ2v) is 12.4. The molecule has 1 saturated heterocycles. The molecule has 0 radical (unpaired) electrons. The van der Waals surface area contributed by atoms with Crippen molar-refractivity contribution in [3.63, 3.8) is 0 Å². The summed E-state index contributed by atoms with van der Waals surface area (Å²) in [6, 6.07) is 21.3. The lowest BCUT2D eigenvalue weighted by Crippen LogP contribution is -2.66. The average Bonchev–Trinajstić information content (AvgIpc) is 3.04. The van der Waals surface area contributed by atoms with Gasteiger partial charge >= 0.3 is 0 Å². The zero-order valence-corrected chi connectivity index (χ0v) is 17.0. The lowest BCUT2D eigenvalue weighted by Gasteiger charge is -2.43. The van der Waals surface area contributed by atoms with E-state index in [1.165, 1.54) is 10.4 Å². The minimum absolute atomic E-state index is 0.0230. The lowest BCUT2D eigenvalue weighted by atomic mass is 10.1. The Balaban J connectivity index is 1.95. The van der Waals surface area contributed by atoms with Crippen molar-refractivity contribution in [2.24, 2.45) is 0 Å². The zero-order chi connectivity index (χ0) is 18.6. The summed E-state index contributed by atoms with van der Waals surface area (Å²) in [4.78, 5) is 0. The molecule has 1 heterocycles. The van der Waals surface area contributed by atoms with Crippen molar-refractivity contribution in [3.05, 3.63) is 60.7 Å². The van der Waals surface area contributed by atoms with Gasteiger partial charge in [0.05, 0.1) is 12.2 Å². The van der Waals surface area contributed by atoms with Crippen LogP contribution < -0.4 is 10.4 Å². The van der Waals surface area contributed by atoms with Crippen molar-refractivity contribution < 1.29 is 14.3 Å². The number of hydrogen-bond acceptors (Lipinski definition) is 3. The number of ether oxygens (including phenoxy) is 1. The number of benzene rings is 2. The van der Waals surface area contributed by atoms with E-state index in [1.54, 1.807) is 0 Å². The number of hydrogen-bond donors (Lipinski definition) is 1. The second-order valence-electron chi connectivity index (χ2n) is 8.07. The molecule has 0 aliphatic carbocycles. The molecule has 0 spiro atoms. The molecule has 1 fully saturated rings. The average molecular weight is 371 g/mol. The molecule has 1 aliphatic rings. The SMILES string of the molecule is CC(C)(C)[Si](OCC[C@@H]1OCCC1O)(c1ccccc1)c1ccccc1. The highest BCUT2D eigenvalue weighted by atomic mass is 28.4. The predicted molar refractivity (Wildman–Crippen MR) is 109 cm³/mol. The van der Waals surface area contributed by atoms with Gasteiger partial charge in [-0.3, -0.25) is 0 Å². The van der Waals surface area contributed by atoms with Crippen molar-refractivity contribution in [1.29, 1.82) is 0 Å². The maximum atomic E-state index is 10.0. The summed E-state index contributed by atoms with van der Waals surface area (Å²) < 4.78 is 12.5. The van der Waals surface area contributed by atoms with Gasteiger partial charge in [-0.25, -0.2) is 0 Å². The molecular weight excluding hydrogens is 340 g/mol. The third-order valence-corrected chi connectivity index (χ3v) is 10.4. The van der Waals surface area contributed by atoms with Crippen LogP contribution in [0, 0.1) is 0 Å². The summed E-state index contributed by atoms with van der Waals surface area (Å²) in [5, 5.41) is 12.6. The first-order chi connectivity index (χ1) is 12.4. The minimum Gasteiger partial charge on any atom is -0.407 e. The van der Waals surface area contributed by atoms with Gasteiger partial charge < -0.3 is 14.3 Å². The fourth-order valence-electron chi connectivity index (χ4n) is 4.00. The van der Waals surface area contributed by atoms with Crippen LogP contribution in [0.25, 0.3) is 0 Å². The largest absolute Gasteiger partial charge is 0.407 e. The molecule has 4 heteroatoms. The van der Waals surface area contributed by atoms with E-state index >= 15 is 0 Å². The van der Waals surface area contributed by atoms with Crippen LogP contribution in [0.1, 0.15) is 33.6 Å². The Morgan fingerprint density at radius 3 is 1.96 bits per heavy atom. The summed E-state index contributed by atoms with van der Waals surface area (Å²) in [5.74, 6) is 0. The van der Waals surface area contributed by atoms with Crippen LogP contribution in [0.5, 0.6) is 0 Å². The van der Waals surface area contributed by atoms with Crippen LogP contribution in [-0.4, -0.2) is 38.8 Å². The van der Waals surface area contributed by atoms with Gasteiger partial charge in [0, 0.05) is 13.2 Å². The first kappa shape index (κ1) is 19.3. The molecule has 0 aromatic heterocycles. The molecule has 0 amide bonds. The van der Waals surface area contributed by atoms with Gasteiger partial charge in [0.1, 0.15) is 0 Å². The Bertz CT molecular complexity index is 642. The summed E-state index contributed by atoms with van der Waals surface area (Å²) in [5.41, 5.74) is 0. The van der Waals surface area contributed by atoms with E-state index in [9.17, 15) is 5.11 Å². The molecule has 2 aromatic rings. The number of rotatable bonds is 6. The van der Waals surface area contributed by atoms with E-state index in [2.05, 4.69) is 81.4 Å². The molecule has 26 heavy (non-hydrogen) atoms. The Labute approximate surface area is 158 Å². The fraction of sp³-hybridized carbons (Fsp3) is 0.455. The number of aliphatic hydroxyl groups is 1. The highest BCUT2D eigenvalue weighted by Crippen LogP contribution is 2.37. The molecule has 3 rings (SSSR count). The first-order valence-electron chi connectivity index (χ1n) is 9.50. The third kappa shape index (κ3) is 3.79. The lowest BCUT2D eigenvalue weighted by molar-refractivity contribution is 0.0272.